The molecule has 0 fully saturated rings. The highest BCUT2D eigenvalue weighted by Crippen LogP contribution is 2.39. The Kier molecular flexibility index (Phi) is 7.27. The van der Waals surface area contributed by atoms with Crippen LogP contribution < -0.4 is 20.9 Å². The van der Waals surface area contributed by atoms with Gasteiger partial charge in [0.2, 0.25) is 5.91 Å². The molecule has 36 heavy (non-hydrogen) atoms. The van der Waals surface area contributed by atoms with Crippen molar-refractivity contribution in [3.05, 3.63) is 93.2 Å². The molecule has 1 aliphatic heterocycles. The number of aromatic amines is 1. The number of terminal acetylenes is 1. The van der Waals surface area contributed by atoms with Crippen LogP contribution in [0.25, 0.3) is 0 Å². The van der Waals surface area contributed by atoms with Crippen molar-refractivity contribution in [3.63, 3.8) is 0 Å². The fourth-order valence-electron chi connectivity index (χ4n) is 4.52. The molecular weight excluding hydrogens is 457 g/mol. The van der Waals surface area contributed by atoms with Gasteiger partial charge in [-0.05, 0) is 54.3 Å². The lowest BCUT2D eigenvalue weighted by atomic mass is 9.91. The predicted molar refractivity (Wildman–Crippen MR) is 139 cm³/mol. The Morgan fingerprint density at radius 2 is 1.86 bits per heavy atom. The first-order chi connectivity index (χ1) is 17.2. The first kappa shape index (κ1) is 25.2. The maximum Gasteiger partial charge on any atom is 0.251 e. The maximum absolute atomic E-state index is 13.4. The van der Waals surface area contributed by atoms with E-state index in [1.54, 1.807) is 23.1 Å². The lowest BCUT2D eigenvalue weighted by Crippen LogP contribution is -2.45. The van der Waals surface area contributed by atoms with Gasteiger partial charge in [-0.2, -0.15) is 0 Å². The van der Waals surface area contributed by atoms with Gasteiger partial charge in [0.25, 0.3) is 5.56 Å². The van der Waals surface area contributed by atoms with Gasteiger partial charge in [-0.1, -0.05) is 44.0 Å². The van der Waals surface area contributed by atoms with Crippen LogP contribution in [0.5, 0.6) is 5.75 Å². The van der Waals surface area contributed by atoms with E-state index in [1.807, 2.05) is 38.1 Å². The minimum absolute atomic E-state index is 0.185. The van der Waals surface area contributed by atoms with Crippen molar-refractivity contribution in [2.45, 2.75) is 44.6 Å². The lowest BCUT2D eigenvalue weighted by molar-refractivity contribution is -0.120. The van der Waals surface area contributed by atoms with Gasteiger partial charge in [0.1, 0.15) is 18.2 Å². The number of nitrogens with two attached hydrogens (primary N) is 1. The van der Waals surface area contributed by atoms with E-state index < -0.39 is 11.5 Å². The van der Waals surface area contributed by atoms with E-state index in [9.17, 15) is 14.0 Å². The van der Waals surface area contributed by atoms with Crippen molar-refractivity contribution in [1.82, 2.24) is 4.98 Å². The van der Waals surface area contributed by atoms with Crippen LogP contribution in [0.3, 0.4) is 0 Å². The molecule has 0 unspecified atom stereocenters. The van der Waals surface area contributed by atoms with Gasteiger partial charge in [-0.3, -0.25) is 9.59 Å². The number of fused-ring (bicyclic) bond motifs is 1. The summed E-state index contributed by atoms with van der Waals surface area (Å²) in [7, 11) is 0. The number of anilines is 1. The van der Waals surface area contributed by atoms with Gasteiger partial charge in [0.15, 0.2) is 0 Å². The van der Waals surface area contributed by atoms with Crippen LogP contribution in [0.2, 0.25) is 0 Å². The molecule has 0 saturated heterocycles. The smallest absolute Gasteiger partial charge is 0.251 e. The quantitative estimate of drug-likeness (QED) is 0.474. The molecule has 1 amide bonds. The van der Waals surface area contributed by atoms with Gasteiger partial charge in [0, 0.05) is 29.6 Å². The highest BCUT2D eigenvalue weighted by atomic mass is 19.1. The van der Waals surface area contributed by atoms with Crippen molar-refractivity contribution in [2.75, 3.05) is 18.1 Å². The number of carbonyl (C=O) groups excluding carboxylic acids is 1. The first-order valence-corrected chi connectivity index (χ1v) is 11.9. The summed E-state index contributed by atoms with van der Waals surface area (Å²) in [4.78, 5) is 30.9. The van der Waals surface area contributed by atoms with Crippen molar-refractivity contribution in [2.24, 2.45) is 5.73 Å². The predicted octanol–water partition coefficient (Wildman–Crippen LogP) is 3.70. The molecule has 186 valence electrons. The number of carbonyl (C=O) groups is 1. The Bertz CT molecular complexity index is 1340. The number of ether oxygens (including phenoxy) is 1. The highest BCUT2D eigenvalue weighted by molar-refractivity contribution is 5.99. The summed E-state index contributed by atoms with van der Waals surface area (Å²) in [5.74, 6) is 2.61. The van der Waals surface area contributed by atoms with Gasteiger partial charge in [0.05, 0.1) is 11.7 Å². The second-order valence-electron chi connectivity index (χ2n) is 9.78. The summed E-state index contributed by atoms with van der Waals surface area (Å²) in [5.41, 5.74) is 9.47. The number of aromatic nitrogens is 1. The van der Waals surface area contributed by atoms with Gasteiger partial charge >= 0.3 is 0 Å². The molecule has 7 heteroatoms. The number of nitrogens with one attached hydrogen (secondary N) is 1. The van der Waals surface area contributed by atoms with E-state index in [2.05, 4.69) is 10.9 Å². The molecule has 1 aliphatic rings. The third-order valence-electron chi connectivity index (χ3n) is 6.50. The van der Waals surface area contributed by atoms with E-state index in [0.29, 0.717) is 42.8 Å². The first-order valence-electron chi connectivity index (χ1n) is 11.9. The topological polar surface area (TPSA) is 88.4 Å². The summed E-state index contributed by atoms with van der Waals surface area (Å²) < 4.78 is 18.7. The standard InChI is InChI=1S/C29H30FN3O3/c1-4-15-36-23-12-7-19(8-13-23)9-14-24(31)28(35)33-18-29(2,3)26-25(33)17-21(27(34)32-26)16-20-5-10-22(30)11-6-20/h1,5-8,10-13,17,24H,9,14-16,18,31H2,2-3H3,(H,32,34)/t24-/m0/s1. The number of amides is 1. The SMILES string of the molecule is C#CCOc1ccc(CC[C@H](N)C(=O)N2CC(C)(C)c3[nH]c(=O)c(Cc4ccc(F)cc4)cc32)cc1. The molecule has 0 aliphatic carbocycles. The molecule has 6 nitrogen and oxygen atoms in total. The Balaban J connectivity index is 1.49. The maximum atomic E-state index is 13.4. The number of hydrogen-bond acceptors (Lipinski definition) is 4. The number of hydrogen-bond donors (Lipinski definition) is 2. The Labute approximate surface area is 210 Å². The molecule has 1 atom stereocenters. The van der Waals surface area contributed by atoms with Crippen LogP contribution in [0.1, 0.15) is 42.7 Å². The second-order valence-corrected chi connectivity index (χ2v) is 9.78. The number of H-pyrrole nitrogens is 1. The van der Waals surface area contributed by atoms with Crippen molar-refractivity contribution >= 4 is 11.6 Å². The molecule has 0 radical (unpaired) electrons. The number of nitrogens with zero attached hydrogens (tertiary/aromatic N) is 1. The molecule has 0 saturated carbocycles. The molecule has 2 aromatic carbocycles. The van der Waals surface area contributed by atoms with Gasteiger partial charge < -0.3 is 20.4 Å². The van der Waals surface area contributed by atoms with E-state index in [-0.39, 0.29) is 23.9 Å². The molecule has 2 heterocycles. The van der Waals surface area contributed by atoms with Crippen molar-refractivity contribution in [1.29, 1.82) is 0 Å². The molecule has 3 aromatic rings. The highest BCUT2D eigenvalue weighted by Gasteiger charge is 2.40. The summed E-state index contributed by atoms with van der Waals surface area (Å²) >= 11 is 0. The third kappa shape index (κ3) is 5.50. The normalized spacial score (nSPS) is 14.7. The van der Waals surface area contributed by atoms with Crippen LogP contribution in [-0.4, -0.2) is 30.1 Å². The van der Waals surface area contributed by atoms with E-state index in [4.69, 9.17) is 16.9 Å². The summed E-state index contributed by atoms with van der Waals surface area (Å²) in [6.45, 7) is 4.61. The number of rotatable bonds is 8. The number of pyridine rings is 1. The fourth-order valence-corrected chi connectivity index (χ4v) is 4.52. The van der Waals surface area contributed by atoms with Crippen LogP contribution in [0.15, 0.2) is 59.4 Å². The third-order valence-corrected chi connectivity index (χ3v) is 6.50. The monoisotopic (exact) mass is 487 g/mol. The second kappa shape index (κ2) is 10.4. The number of halogens is 1. The minimum atomic E-state index is -0.698. The van der Waals surface area contributed by atoms with Crippen LogP contribution >= 0.6 is 0 Å². The van der Waals surface area contributed by atoms with Crippen LogP contribution in [0, 0.1) is 18.2 Å². The summed E-state index contributed by atoms with van der Waals surface area (Å²) in [6.07, 6.45) is 6.65. The summed E-state index contributed by atoms with van der Waals surface area (Å²) in [5, 5.41) is 0. The Morgan fingerprint density at radius 1 is 1.19 bits per heavy atom. The lowest BCUT2D eigenvalue weighted by Gasteiger charge is -2.23. The van der Waals surface area contributed by atoms with E-state index >= 15 is 0 Å². The summed E-state index contributed by atoms with van der Waals surface area (Å²) in [6, 6.07) is 14.7. The average molecular weight is 488 g/mol. The molecular formula is C29H30FN3O3. The molecule has 0 bridgehead atoms. The number of aryl methyl sites for hydroxylation is 1. The van der Waals surface area contributed by atoms with Crippen LogP contribution in [-0.2, 0) is 23.1 Å². The molecule has 1 aromatic heterocycles. The average Bonchev–Trinajstić information content (AvgIpc) is 3.12. The Hall–Kier alpha value is -3.89. The molecule has 0 spiro atoms. The van der Waals surface area contributed by atoms with Crippen molar-refractivity contribution in [3.8, 4) is 18.1 Å². The fraction of sp³-hybridized carbons (Fsp3) is 0.310. The zero-order chi connectivity index (χ0) is 25.9. The van der Waals surface area contributed by atoms with Gasteiger partial charge in [-0.15, -0.1) is 6.42 Å². The van der Waals surface area contributed by atoms with E-state index in [0.717, 1.165) is 16.8 Å². The Morgan fingerprint density at radius 3 is 2.53 bits per heavy atom. The zero-order valence-corrected chi connectivity index (χ0v) is 20.5. The van der Waals surface area contributed by atoms with Crippen molar-refractivity contribution < 1.29 is 13.9 Å². The minimum Gasteiger partial charge on any atom is -0.481 e. The van der Waals surface area contributed by atoms with E-state index in [1.165, 1.54) is 12.1 Å². The molecule has 3 N–H and O–H groups in total. The van der Waals surface area contributed by atoms with Crippen LogP contribution in [0.4, 0.5) is 10.1 Å². The largest absolute Gasteiger partial charge is 0.481 e. The number of benzene rings is 2. The molecule has 4 rings (SSSR count). The zero-order valence-electron chi connectivity index (χ0n) is 20.5. The van der Waals surface area contributed by atoms with Gasteiger partial charge in [-0.25, -0.2) is 4.39 Å².